The first-order chi connectivity index (χ1) is 19.0. The molecule has 3 fully saturated rings. The number of likely N-dealkylation sites (tertiary alicyclic amines) is 1. The van der Waals surface area contributed by atoms with Crippen LogP contribution in [0.4, 0.5) is 0 Å². The highest BCUT2D eigenvalue weighted by atomic mass is 35.5. The van der Waals surface area contributed by atoms with Gasteiger partial charge >= 0.3 is 0 Å². The first-order valence-corrected chi connectivity index (χ1v) is 15.3. The van der Waals surface area contributed by atoms with E-state index in [-0.39, 0.29) is 35.4 Å². The Morgan fingerprint density at radius 2 is 1.80 bits per heavy atom. The fourth-order valence-corrected chi connectivity index (χ4v) is 7.58. The predicted octanol–water partition coefficient (Wildman–Crippen LogP) is 3.67. The molecule has 2 saturated carbocycles. The predicted molar refractivity (Wildman–Crippen MR) is 148 cm³/mol. The van der Waals surface area contributed by atoms with Crippen molar-refractivity contribution in [2.75, 3.05) is 26.9 Å². The molecule has 2 aliphatic carbocycles. The van der Waals surface area contributed by atoms with Gasteiger partial charge in [0.05, 0.1) is 33.3 Å². The van der Waals surface area contributed by atoms with E-state index in [0.717, 1.165) is 5.56 Å². The second kappa shape index (κ2) is 10.9. The fraction of sp³-hybridized carbons (Fsp3) is 0.464. The Labute approximate surface area is 243 Å². The van der Waals surface area contributed by atoms with E-state index in [1.807, 2.05) is 0 Å². The molecular weight excluding hydrogens is 577 g/mol. The van der Waals surface area contributed by atoms with Crippen LogP contribution in [-0.4, -0.2) is 68.8 Å². The number of halogens is 2. The number of methoxy groups -OCH3 is 1. The van der Waals surface area contributed by atoms with E-state index in [9.17, 15) is 23.3 Å². The average Bonchev–Trinajstić information content (AvgIpc) is 3.85. The molecule has 2 unspecified atom stereocenters. The first kappa shape index (κ1) is 28.7. The summed E-state index contributed by atoms with van der Waals surface area (Å²) in [5.41, 5.74) is -1.03. The summed E-state index contributed by atoms with van der Waals surface area (Å²) < 4.78 is 38.1. The minimum Gasteiger partial charge on any atom is -0.491 e. The number of nitrogens with zero attached hydrogens (tertiary/aromatic N) is 2. The number of carbonyl (C=O) groups excluding carboxylic acids is 2. The Hall–Kier alpha value is -2.84. The number of hydrogen-bond acceptors (Lipinski definition) is 7. The number of amides is 2. The number of nitrogens with one attached hydrogen (secondary N) is 1. The van der Waals surface area contributed by atoms with E-state index in [0.29, 0.717) is 43.1 Å². The van der Waals surface area contributed by atoms with Crippen molar-refractivity contribution in [3.05, 3.63) is 58.1 Å². The van der Waals surface area contributed by atoms with Crippen LogP contribution in [0.1, 0.15) is 37.7 Å². The number of sulfone groups is 1. The quantitative estimate of drug-likeness (QED) is 0.409. The van der Waals surface area contributed by atoms with Gasteiger partial charge in [0.25, 0.3) is 0 Å². The third kappa shape index (κ3) is 5.40. The van der Waals surface area contributed by atoms with Gasteiger partial charge in [-0.2, -0.15) is 5.26 Å². The Kier molecular flexibility index (Phi) is 7.79. The second-order valence-electron chi connectivity index (χ2n) is 10.6. The lowest BCUT2D eigenvalue weighted by molar-refractivity contribution is -0.140. The highest BCUT2D eigenvalue weighted by molar-refractivity contribution is 7.92. The number of carbonyl (C=O) groups is 2. The Morgan fingerprint density at radius 1 is 1.10 bits per heavy atom. The molecule has 2 atom stereocenters. The van der Waals surface area contributed by atoms with Gasteiger partial charge in [0.1, 0.15) is 23.9 Å². The number of rotatable bonds is 10. The van der Waals surface area contributed by atoms with Crippen LogP contribution in [0.25, 0.3) is 0 Å². The van der Waals surface area contributed by atoms with E-state index >= 15 is 0 Å². The molecule has 1 aliphatic heterocycles. The summed E-state index contributed by atoms with van der Waals surface area (Å²) in [7, 11) is -2.50. The maximum atomic E-state index is 14.0. The van der Waals surface area contributed by atoms with Crippen LogP contribution >= 0.6 is 23.2 Å². The molecule has 2 aromatic rings. The molecule has 40 heavy (non-hydrogen) atoms. The van der Waals surface area contributed by atoms with Crippen LogP contribution in [0, 0.1) is 11.3 Å². The summed E-state index contributed by atoms with van der Waals surface area (Å²) in [4.78, 5) is 28.7. The fourth-order valence-electron chi connectivity index (χ4n) is 5.22. The summed E-state index contributed by atoms with van der Waals surface area (Å²) in [6, 6.07) is 12.4. The van der Waals surface area contributed by atoms with Gasteiger partial charge in [-0.1, -0.05) is 35.3 Å². The zero-order valence-electron chi connectivity index (χ0n) is 21.9. The van der Waals surface area contributed by atoms with Gasteiger partial charge in [0.15, 0.2) is 9.84 Å². The van der Waals surface area contributed by atoms with Crippen LogP contribution in [0.5, 0.6) is 5.75 Å². The standard InChI is InChI=1S/C28H29Cl2N3O6S/c1-38-12-13-39-20-6-7-24(22(30)14-20)40(36,37)21-15-23(25(34)32-27(17-31)8-9-27)33(16-21)26(35)28(10-11-28)18-2-4-19(29)5-3-18/h2-7,14,21,23H,8-13,15-16H2,1H3,(H,32,34). The van der Waals surface area contributed by atoms with E-state index in [4.69, 9.17) is 32.7 Å². The van der Waals surface area contributed by atoms with Crippen molar-refractivity contribution in [2.45, 2.75) is 59.2 Å². The molecular formula is C28H29Cl2N3O6S. The summed E-state index contributed by atoms with van der Waals surface area (Å²) in [6.45, 7) is 0.462. The number of benzene rings is 2. The molecule has 3 aliphatic rings. The molecule has 5 rings (SSSR count). The number of nitriles is 1. The SMILES string of the molecule is COCCOc1ccc(S(=O)(=O)C2CC(C(=O)NC3(C#N)CC3)N(C(=O)C3(c4ccc(Cl)cc4)CC3)C2)c(Cl)c1. The number of hydrogen-bond donors (Lipinski definition) is 1. The molecule has 1 saturated heterocycles. The lowest BCUT2D eigenvalue weighted by Gasteiger charge is -2.29. The second-order valence-corrected chi connectivity index (χ2v) is 13.6. The van der Waals surface area contributed by atoms with Crippen LogP contribution in [-0.2, 0) is 29.6 Å². The maximum absolute atomic E-state index is 14.0. The van der Waals surface area contributed by atoms with E-state index in [1.165, 1.54) is 23.1 Å². The summed E-state index contributed by atoms with van der Waals surface area (Å²) in [6.07, 6.45) is 2.07. The molecule has 2 amide bonds. The van der Waals surface area contributed by atoms with Gasteiger partial charge < -0.3 is 19.7 Å². The molecule has 0 radical (unpaired) electrons. The van der Waals surface area contributed by atoms with Crippen molar-refractivity contribution in [1.29, 1.82) is 5.26 Å². The van der Waals surface area contributed by atoms with Crippen molar-refractivity contribution < 1.29 is 27.5 Å². The van der Waals surface area contributed by atoms with Crippen molar-refractivity contribution in [3.63, 3.8) is 0 Å². The summed E-state index contributed by atoms with van der Waals surface area (Å²) in [5, 5.41) is 11.7. The van der Waals surface area contributed by atoms with Gasteiger partial charge in [0.2, 0.25) is 11.8 Å². The Morgan fingerprint density at radius 3 is 2.38 bits per heavy atom. The normalized spacial score (nSPS) is 22.3. The molecule has 0 bridgehead atoms. The van der Waals surface area contributed by atoms with Crippen molar-refractivity contribution >= 4 is 44.9 Å². The largest absolute Gasteiger partial charge is 0.491 e. The van der Waals surface area contributed by atoms with E-state index in [1.54, 1.807) is 31.4 Å². The van der Waals surface area contributed by atoms with Gasteiger partial charge in [-0.15, -0.1) is 0 Å². The Balaban J connectivity index is 1.43. The Bertz CT molecular complexity index is 1470. The smallest absolute Gasteiger partial charge is 0.244 e. The van der Waals surface area contributed by atoms with E-state index in [2.05, 4.69) is 11.4 Å². The van der Waals surface area contributed by atoms with Crippen LogP contribution in [0.2, 0.25) is 10.0 Å². The number of ether oxygens (including phenoxy) is 2. The minimum atomic E-state index is -4.04. The third-order valence-corrected chi connectivity index (χ3v) is 10.8. The van der Waals surface area contributed by atoms with Crippen molar-refractivity contribution in [3.8, 4) is 11.8 Å². The van der Waals surface area contributed by atoms with Crippen LogP contribution < -0.4 is 10.1 Å². The molecule has 0 aromatic heterocycles. The highest BCUT2D eigenvalue weighted by Crippen LogP contribution is 2.51. The lowest BCUT2D eigenvalue weighted by Crippen LogP contribution is -2.51. The maximum Gasteiger partial charge on any atom is 0.244 e. The minimum absolute atomic E-state index is 0.0121. The van der Waals surface area contributed by atoms with Crippen molar-refractivity contribution in [1.82, 2.24) is 10.2 Å². The molecule has 1 N–H and O–H groups in total. The van der Waals surface area contributed by atoms with Gasteiger partial charge in [-0.25, -0.2) is 8.42 Å². The summed E-state index contributed by atoms with van der Waals surface area (Å²) >= 11 is 12.4. The highest BCUT2D eigenvalue weighted by Gasteiger charge is 2.58. The molecule has 212 valence electrons. The monoisotopic (exact) mass is 605 g/mol. The zero-order chi connectivity index (χ0) is 28.7. The molecule has 0 spiro atoms. The van der Waals surface area contributed by atoms with Gasteiger partial charge in [0, 0.05) is 24.7 Å². The van der Waals surface area contributed by atoms with Gasteiger partial charge in [-0.05, 0) is 61.9 Å². The molecule has 9 nitrogen and oxygen atoms in total. The molecule has 2 aromatic carbocycles. The molecule has 1 heterocycles. The first-order valence-electron chi connectivity index (χ1n) is 13.0. The zero-order valence-corrected chi connectivity index (χ0v) is 24.2. The average molecular weight is 607 g/mol. The lowest BCUT2D eigenvalue weighted by atomic mass is 9.94. The molecule has 12 heteroatoms. The van der Waals surface area contributed by atoms with Crippen LogP contribution in [0.15, 0.2) is 47.4 Å². The van der Waals surface area contributed by atoms with E-state index < -0.39 is 38.0 Å². The van der Waals surface area contributed by atoms with Gasteiger partial charge in [-0.3, -0.25) is 9.59 Å². The van der Waals surface area contributed by atoms with Crippen LogP contribution in [0.3, 0.4) is 0 Å². The summed E-state index contributed by atoms with van der Waals surface area (Å²) in [5.74, 6) is -0.432. The topological polar surface area (TPSA) is 126 Å². The van der Waals surface area contributed by atoms with Crippen molar-refractivity contribution in [2.24, 2.45) is 0 Å². The third-order valence-electron chi connectivity index (χ3n) is 7.91.